The molecule has 4 aliphatic heterocycles. The lowest BCUT2D eigenvalue weighted by Gasteiger charge is -2.54. The zero-order chi connectivity index (χ0) is 36.2. The monoisotopic (exact) mass is 699 g/mol. The topological polar surface area (TPSA) is 9.72 Å². The van der Waals surface area contributed by atoms with Gasteiger partial charge in [0.1, 0.15) is 0 Å². The molecule has 4 heteroatoms. The van der Waals surface area contributed by atoms with Crippen LogP contribution in [0.1, 0.15) is 82.1 Å². The molecule has 54 heavy (non-hydrogen) atoms. The Kier molecular flexibility index (Phi) is 5.94. The van der Waals surface area contributed by atoms with E-state index in [9.17, 15) is 0 Å². The molecule has 12 rings (SSSR count). The molecule has 1 fully saturated rings. The number of hydrogen-bond donors (Lipinski definition) is 0. The van der Waals surface area contributed by atoms with Gasteiger partial charge in [0, 0.05) is 50.6 Å². The molecule has 4 atom stereocenters. The standard InChI is InChI=1S/C50H46BN3/c1-47-28-14-15-29-49(47,3)54-44-32-35(53-41-25-12-10-21-37(41)48(2)30-27-33-17-8-9-20-36(33)50(48,53)4)31-43-45(44)51(40-24-16-22-38(47)46(40)54)39-23-11-13-26-42(39)52(43)34-18-6-5-7-19-34/h5-13,16-26,31-32H,14-15,27-30H2,1-4H3. The summed E-state index contributed by atoms with van der Waals surface area (Å²) >= 11 is 0. The average molecular weight is 700 g/mol. The number of hydrogen-bond acceptors (Lipinski definition) is 3. The van der Waals surface area contributed by atoms with Crippen LogP contribution in [0.4, 0.5) is 39.8 Å². The summed E-state index contributed by atoms with van der Waals surface area (Å²) in [6.45, 7) is 10.4. The molecule has 4 unspecified atom stereocenters. The van der Waals surface area contributed by atoms with Crippen molar-refractivity contribution in [2.45, 2.75) is 88.1 Å². The van der Waals surface area contributed by atoms with Crippen LogP contribution in [0.5, 0.6) is 0 Å². The maximum atomic E-state index is 2.88. The molecule has 6 aromatic rings. The van der Waals surface area contributed by atoms with Crippen molar-refractivity contribution in [2.24, 2.45) is 0 Å². The Hall–Kier alpha value is -5.22. The first-order chi connectivity index (χ1) is 26.3. The maximum absolute atomic E-state index is 2.88. The lowest BCUT2D eigenvalue weighted by atomic mass is 9.33. The van der Waals surface area contributed by atoms with Crippen LogP contribution in [0.2, 0.25) is 0 Å². The van der Waals surface area contributed by atoms with E-state index in [1.165, 1.54) is 98.6 Å². The van der Waals surface area contributed by atoms with Gasteiger partial charge in [-0.15, -0.1) is 0 Å². The molecule has 0 aromatic heterocycles. The predicted molar refractivity (Wildman–Crippen MR) is 227 cm³/mol. The molecule has 6 aromatic carbocycles. The minimum atomic E-state index is -0.276. The average Bonchev–Trinajstić information content (AvgIpc) is 3.56. The highest BCUT2D eigenvalue weighted by atomic mass is 15.3. The van der Waals surface area contributed by atoms with E-state index in [0.29, 0.717) is 0 Å². The van der Waals surface area contributed by atoms with Crippen molar-refractivity contribution in [3.05, 3.63) is 156 Å². The second-order valence-corrected chi connectivity index (χ2v) is 17.9. The zero-order valence-corrected chi connectivity index (χ0v) is 31.9. The van der Waals surface area contributed by atoms with Gasteiger partial charge in [0.15, 0.2) is 0 Å². The Morgan fingerprint density at radius 2 is 1.17 bits per heavy atom. The van der Waals surface area contributed by atoms with Crippen LogP contribution in [0, 0.1) is 0 Å². The summed E-state index contributed by atoms with van der Waals surface area (Å²) in [6.07, 6.45) is 7.19. The summed E-state index contributed by atoms with van der Waals surface area (Å²) in [5.74, 6) is 0. The predicted octanol–water partition coefficient (Wildman–Crippen LogP) is 10.3. The van der Waals surface area contributed by atoms with Crippen LogP contribution in [0.25, 0.3) is 0 Å². The van der Waals surface area contributed by atoms with Gasteiger partial charge in [-0.3, -0.25) is 0 Å². The summed E-state index contributed by atoms with van der Waals surface area (Å²) in [7, 11) is 0. The first kappa shape index (κ1) is 31.2. The van der Waals surface area contributed by atoms with Gasteiger partial charge in [-0.2, -0.15) is 0 Å². The molecule has 0 bridgehead atoms. The molecule has 0 saturated heterocycles. The summed E-state index contributed by atoms with van der Waals surface area (Å²) in [5.41, 5.74) is 19.3. The van der Waals surface area contributed by atoms with E-state index in [4.69, 9.17) is 0 Å². The summed E-state index contributed by atoms with van der Waals surface area (Å²) in [5, 5.41) is 0. The Labute approximate surface area is 320 Å². The first-order valence-corrected chi connectivity index (χ1v) is 20.3. The van der Waals surface area contributed by atoms with Crippen LogP contribution in [-0.2, 0) is 22.8 Å². The molecule has 3 nitrogen and oxygen atoms in total. The Morgan fingerprint density at radius 1 is 0.500 bits per heavy atom. The van der Waals surface area contributed by atoms with E-state index in [0.717, 1.165) is 12.8 Å². The van der Waals surface area contributed by atoms with Crippen molar-refractivity contribution in [2.75, 3.05) is 14.7 Å². The van der Waals surface area contributed by atoms with Gasteiger partial charge < -0.3 is 14.7 Å². The molecule has 0 radical (unpaired) electrons. The second kappa shape index (κ2) is 10.3. The number of aryl methyl sites for hydroxylation is 1. The summed E-state index contributed by atoms with van der Waals surface area (Å²) in [4.78, 5) is 8.24. The Balaban J connectivity index is 1.22. The third kappa shape index (κ3) is 3.44. The van der Waals surface area contributed by atoms with Crippen molar-refractivity contribution in [1.29, 1.82) is 0 Å². The molecule has 0 spiro atoms. The Morgan fingerprint density at radius 3 is 2.02 bits per heavy atom. The largest absolute Gasteiger partial charge is 0.335 e. The van der Waals surface area contributed by atoms with E-state index < -0.39 is 0 Å². The number of nitrogens with zero attached hydrogens (tertiary/aromatic N) is 3. The van der Waals surface area contributed by atoms with Crippen molar-refractivity contribution < 1.29 is 0 Å². The number of anilines is 7. The van der Waals surface area contributed by atoms with Crippen molar-refractivity contribution in [3.8, 4) is 0 Å². The highest BCUT2D eigenvalue weighted by Crippen LogP contribution is 2.66. The minimum absolute atomic E-state index is 0.0334. The smallest absolute Gasteiger partial charge is 0.252 e. The summed E-state index contributed by atoms with van der Waals surface area (Å²) in [6, 6.07) is 51.5. The zero-order valence-electron chi connectivity index (χ0n) is 31.9. The molecule has 4 heterocycles. The first-order valence-electron chi connectivity index (χ1n) is 20.3. The quantitative estimate of drug-likeness (QED) is 0.166. The third-order valence-electron chi connectivity index (χ3n) is 15.8. The maximum Gasteiger partial charge on any atom is 0.252 e. The van der Waals surface area contributed by atoms with Crippen molar-refractivity contribution in [3.63, 3.8) is 0 Å². The molecule has 0 amide bonds. The van der Waals surface area contributed by atoms with Crippen LogP contribution >= 0.6 is 0 Å². The fourth-order valence-electron chi connectivity index (χ4n) is 12.9. The second-order valence-electron chi connectivity index (χ2n) is 17.9. The number of benzene rings is 6. The highest BCUT2D eigenvalue weighted by Gasteiger charge is 2.63. The number of rotatable bonds is 2. The molecule has 1 saturated carbocycles. The number of para-hydroxylation sites is 4. The van der Waals surface area contributed by atoms with Crippen molar-refractivity contribution in [1.82, 2.24) is 0 Å². The van der Waals surface area contributed by atoms with E-state index in [2.05, 4.69) is 176 Å². The summed E-state index contributed by atoms with van der Waals surface area (Å²) < 4.78 is 0. The van der Waals surface area contributed by atoms with Crippen LogP contribution in [0.3, 0.4) is 0 Å². The van der Waals surface area contributed by atoms with E-state index in [1.807, 2.05) is 0 Å². The van der Waals surface area contributed by atoms with E-state index in [1.54, 1.807) is 5.56 Å². The lowest BCUT2D eigenvalue weighted by Crippen LogP contribution is -2.64. The highest BCUT2D eigenvalue weighted by molar-refractivity contribution is 7.00. The minimum Gasteiger partial charge on any atom is -0.335 e. The molecular weight excluding hydrogens is 653 g/mol. The number of fused-ring (bicyclic) bond motifs is 12. The molecule has 2 aliphatic carbocycles. The van der Waals surface area contributed by atoms with Gasteiger partial charge >= 0.3 is 0 Å². The van der Waals surface area contributed by atoms with Gasteiger partial charge in [-0.1, -0.05) is 124 Å². The molecule has 6 aliphatic rings. The van der Waals surface area contributed by atoms with Gasteiger partial charge in [0.25, 0.3) is 6.71 Å². The molecular formula is C50H46BN3. The molecule has 264 valence electrons. The molecule has 0 N–H and O–H groups in total. The van der Waals surface area contributed by atoms with Gasteiger partial charge in [-0.25, -0.2) is 0 Å². The van der Waals surface area contributed by atoms with Gasteiger partial charge in [0.2, 0.25) is 0 Å². The Bertz CT molecular complexity index is 2580. The SMILES string of the molecule is CC12CCCCC1(C)N1c3cc(N4c5ccccc5C5(C)CCc6ccccc6C45C)cc4c3B(c3ccccc3N4c3ccccc3)c3cccc2c31. The fourth-order valence-corrected chi connectivity index (χ4v) is 12.9. The lowest BCUT2D eigenvalue weighted by molar-refractivity contribution is 0.195. The fraction of sp³-hybridized carbons (Fsp3) is 0.280. The van der Waals surface area contributed by atoms with E-state index >= 15 is 0 Å². The van der Waals surface area contributed by atoms with Crippen LogP contribution < -0.4 is 31.1 Å². The van der Waals surface area contributed by atoms with Crippen molar-refractivity contribution >= 4 is 62.9 Å². The normalized spacial score (nSPS) is 27.7. The van der Waals surface area contributed by atoms with Crippen LogP contribution in [0.15, 0.2) is 133 Å². The van der Waals surface area contributed by atoms with Gasteiger partial charge in [0.05, 0.1) is 11.1 Å². The van der Waals surface area contributed by atoms with Crippen LogP contribution in [-0.4, -0.2) is 12.3 Å². The van der Waals surface area contributed by atoms with Gasteiger partial charge in [-0.05, 0) is 115 Å². The third-order valence-corrected chi connectivity index (χ3v) is 15.8. The van der Waals surface area contributed by atoms with E-state index in [-0.39, 0.29) is 28.6 Å².